The first-order valence-corrected chi connectivity index (χ1v) is 18.2. The molecular formula is C43H45Cl3N4O2. The van der Waals surface area contributed by atoms with Gasteiger partial charge in [0.1, 0.15) is 6.29 Å². The van der Waals surface area contributed by atoms with E-state index in [0.717, 1.165) is 61.8 Å². The number of H-pyrrole nitrogens is 2. The summed E-state index contributed by atoms with van der Waals surface area (Å²) in [6.45, 7) is 6.96. The standard InChI is InChI=1S/C17H17ClN2.C9H11ClO.C9H9ClO.C8H8N2/c1-12(13-5-2-3-6-15(13)18)11-20-17-8-4-7-16-14(17)9-10-19-16;2*1-7(6-11)8-4-2-3-5-9(8)10;9-7-2-1-3-8-6(7)4-5-10-8/h2-10,12,19-20H,11H2,1H3;2-5,7,11H,6H2,1H3;2-7H,1H3;1-5,10H,9H2. The predicted molar refractivity (Wildman–Crippen MR) is 222 cm³/mol. The summed E-state index contributed by atoms with van der Waals surface area (Å²) in [5.74, 6) is 0.380. The van der Waals surface area contributed by atoms with E-state index >= 15 is 0 Å². The molecule has 0 amide bonds. The molecule has 6 N–H and O–H groups in total. The van der Waals surface area contributed by atoms with Crippen molar-refractivity contribution in [1.82, 2.24) is 9.97 Å². The number of fused-ring (bicyclic) bond motifs is 2. The maximum Gasteiger partial charge on any atom is 0.127 e. The number of aromatic nitrogens is 2. The van der Waals surface area contributed by atoms with Crippen LogP contribution in [-0.4, -0.2) is 34.5 Å². The largest absolute Gasteiger partial charge is 0.398 e. The normalized spacial score (nSPS) is 12.2. The molecular weight excluding hydrogens is 711 g/mol. The summed E-state index contributed by atoms with van der Waals surface area (Å²) >= 11 is 18.0. The van der Waals surface area contributed by atoms with E-state index in [0.29, 0.717) is 10.9 Å². The molecule has 0 radical (unpaired) electrons. The molecule has 0 fully saturated rings. The van der Waals surface area contributed by atoms with Gasteiger partial charge in [0.2, 0.25) is 0 Å². The van der Waals surface area contributed by atoms with Crippen LogP contribution in [-0.2, 0) is 4.79 Å². The zero-order chi connectivity index (χ0) is 37.5. The van der Waals surface area contributed by atoms with Crippen molar-refractivity contribution < 1.29 is 9.90 Å². The number of carbonyl (C=O) groups excluding carboxylic acids is 1. The van der Waals surface area contributed by atoms with E-state index in [1.807, 2.05) is 111 Å². The highest BCUT2D eigenvalue weighted by atomic mass is 35.5. The van der Waals surface area contributed by atoms with Crippen molar-refractivity contribution in [2.45, 2.75) is 38.5 Å². The molecule has 52 heavy (non-hydrogen) atoms. The van der Waals surface area contributed by atoms with Gasteiger partial charge in [-0.1, -0.05) is 122 Å². The highest BCUT2D eigenvalue weighted by Gasteiger charge is 2.10. The van der Waals surface area contributed by atoms with Crippen LogP contribution in [0.25, 0.3) is 21.8 Å². The third-order valence-corrected chi connectivity index (χ3v) is 9.60. The maximum atomic E-state index is 10.4. The SMILES string of the molecule is CC(C=O)c1ccccc1Cl.CC(CNc1cccc2[nH]ccc12)c1ccccc1Cl.CC(CO)c1ccccc1Cl.Nc1cccc2[nH]ccc12. The molecule has 5 aromatic carbocycles. The number of hydrogen-bond donors (Lipinski definition) is 5. The first kappa shape index (κ1) is 40.1. The van der Waals surface area contributed by atoms with Crippen LogP contribution in [0.2, 0.25) is 15.1 Å². The van der Waals surface area contributed by atoms with Gasteiger partial charge in [0.05, 0.1) is 0 Å². The number of rotatable bonds is 8. The number of anilines is 2. The fourth-order valence-electron chi connectivity index (χ4n) is 5.49. The Hall–Kier alpha value is -4.72. The van der Waals surface area contributed by atoms with E-state index in [1.54, 1.807) is 6.07 Å². The molecule has 0 saturated carbocycles. The van der Waals surface area contributed by atoms with Crippen molar-refractivity contribution in [1.29, 1.82) is 0 Å². The number of nitrogens with two attached hydrogens (primary N) is 1. The summed E-state index contributed by atoms with van der Waals surface area (Å²) in [6, 6.07) is 39.1. The van der Waals surface area contributed by atoms with Crippen LogP contribution in [0, 0.1) is 0 Å². The number of aliphatic hydroxyl groups is 1. The zero-order valence-corrected chi connectivity index (χ0v) is 31.8. The quantitative estimate of drug-likeness (QED) is 0.0786. The van der Waals surface area contributed by atoms with Crippen molar-refractivity contribution in [2.75, 3.05) is 24.2 Å². The van der Waals surface area contributed by atoms with Crippen molar-refractivity contribution in [2.24, 2.45) is 0 Å². The molecule has 2 heterocycles. The van der Waals surface area contributed by atoms with Gasteiger partial charge in [-0.2, -0.15) is 0 Å². The summed E-state index contributed by atoms with van der Waals surface area (Å²) in [5.41, 5.74) is 13.0. The van der Waals surface area contributed by atoms with E-state index in [4.69, 9.17) is 45.6 Å². The molecule has 7 rings (SSSR count). The van der Waals surface area contributed by atoms with E-state index in [2.05, 4.69) is 52.5 Å². The van der Waals surface area contributed by atoms with Crippen molar-refractivity contribution in [3.8, 4) is 0 Å². The summed E-state index contributed by atoms with van der Waals surface area (Å²) in [6.07, 6.45) is 4.75. The number of halogens is 3. The number of carbonyl (C=O) groups is 1. The topological polar surface area (TPSA) is 107 Å². The fraction of sp³-hybridized carbons (Fsp3) is 0.186. The molecule has 0 aliphatic heterocycles. The number of benzene rings is 5. The molecule has 3 atom stereocenters. The van der Waals surface area contributed by atoms with E-state index < -0.39 is 0 Å². The Labute approximate surface area is 320 Å². The van der Waals surface area contributed by atoms with Gasteiger partial charge in [-0.15, -0.1) is 0 Å². The van der Waals surface area contributed by atoms with Crippen LogP contribution in [0.4, 0.5) is 11.4 Å². The molecule has 7 aromatic rings. The second-order valence-corrected chi connectivity index (χ2v) is 13.6. The highest BCUT2D eigenvalue weighted by molar-refractivity contribution is 6.32. The summed E-state index contributed by atoms with van der Waals surface area (Å²) < 4.78 is 0. The summed E-state index contributed by atoms with van der Waals surface area (Å²) in [4.78, 5) is 16.7. The lowest BCUT2D eigenvalue weighted by Crippen LogP contribution is -2.10. The first-order chi connectivity index (χ1) is 25.1. The molecule has 270 valence electrons. The lowest BCUT2D eigenvalue weighted by molar-refractivity contribution is -0.108. The van der Waals surface area contributed by atoms with Gasteiger partial charge in [0.15, 0.2) is 0 Å². The molecule has 9 heteroatoms. The number of nitrogen functional groups attached to an aromatic ring is 1. The smallest absolute Gasteiger partial charge is 0.127 e. The lowest BCUT2D eigenvalue weighted by atomic mass is 10.0. The summed E-state index contributed by atoms with van der Waals surface area (Å²) in [7, 11) is 0. The van der Waals surface area contributed by atoms with Crippen molar-refractivity contribution in [3.63, 3.8) is 0 Å². The molecule has 6 nitrogen and oxygen atoms in total. The average Bonchev–Trinajstić information content (AvgIpc) is 3.86. The van der Waals surface area contributed by atoms with Gasteiger partial charge in [-0.25, -0.2) is 0 Å². The molecule has 0 aliphatic carbocycles. The number of nitrogens with one attached hydrogen (secondary N) is 3. The van der Waals surface area contributed by atoms with Crippen LogP contribution in [0.1, 0.15) is 55.2 Å². The Balaban J connectivity index is 0.000000163. The second kappa shape index (κ2) is 20.4. The van der Waals surface area contributed by atoms with Gasteiger partial charge >= 0.3 is 0 Å². The third kappa shape index (κ3) is 11.1. The van der Waals surface area contributed by atoms with Gasteiger partial charge in [0.25, 0.3) is 0 Å². The number of hydrogen-bond acceptors (Lipinski definition) is 4. The molecule has 0 aliphatic rings. The third-order valence-electron chi connectivity index (χ3n) is 8.57. The molecule has 2 aromatic heterocycles. The van der Waals surface area contributed by atoms with Crippen LogP contribution in [0.15, 0.2) is 134 Å². The molecule has 0 spiro atoms. The van der Waals surface area contributed by atoms with Crippen LogP contribution < -0.4 is 11.1 Å². The maximum absolute atomic E-state index is 10.4. The average molecular weight is 756 g/mol. The van der Waals surface area contributed by atoms with Crippen LogP contribution in [0.3, 0.4) is 0 Å². The van der Waals surface area contributed by atoms with Gasteiger partial charge in [-0.3, -0.25) is 0 Å². The Bertz CT molecular complexity index is 2140. The zero-order valence-electron chi connectivity index (χ0n) is 29.5. The minimum absolute atomic E-state index is 0.108. The molecule has 0 bridgehead atoms. The molecule has 0 saturated heterocycles. The van der Waals surface area contributed by atoms with E-state index in [-0.39, 0.29) is 18.4 Å². The second-order valence-electron chi connectivity index (χ2n) is 12.4. The van der Waals surface area contributed by atoms with E-state index in [9.17, 15) is 4.79 Å². The van der Waals surface area contributed by atoms with Crippen molar-refractivity contribution >= 4 is 74.3 Å². The van der Waals surface area contributed by atoms with Crippen molar-refractivity contribution in [3.05, 3.63) is 165 Å². The Morgan fingerprint density at radius 3 is 1.63 bits per heavy atom. The minimum atomic E-state index is -0.108. The van der Waals surface area contributed by atoms with Gasteiger partial charge in [-0.05, 0) is 77.2 Å². The first-order valence-electron chi connectivity index (χ1n) is 17.1. The Morgan fingerprint density at radius 2 is 1.12 bits per heavy atom. The van der Waals surface area contributed by atoms with Gasteiger partial charge in [0, 0.05) is 85.6 Å². The molecule has 3 unspecified atom stereocenters. The lowest BCUT2D eigenvalue weighted by Gasteiger charge is -2.16. The monoisotopic (exact) mass is 754 g/mol. The van der Waals surface area contributed by atoms with Crippen LogP contribution in [0.5, 0.6) is 0 Å². The summed E-state index contributed by atoms with van der Waals surface area (Å²) in [5, 5.41) is 16.9. The van der Waals surface area contributed by atoms with E-state index in [1.165, 1.54) is 10.9 Å². The number of aldehydes is 1. The van der Waals surface area contributed by atoms with Gasteiger partial charge < -0.3 is 30.9 Å². The highest BCUT2D eigenvalue weighted by Crippen LogP contribution is 2.27. The van der Waals surface area contributed by atoms with Crippen LogP contribution >= 0.6 is 34.8 Å². The Morgan fingerprint density at radius 1 is 0.635 bits per heavy atom. The number of aliphatic hydroxyl groups excluding tert-OH is 1. The number of aromatic amines is 2. The predicted octanol–water partition coefficient (Wildman–Crippen LogP) is 11.9. The fourth-order valence-corrected chi connectivity index (χ4v) is 6.44. The minimum Gasteiger partial charge on any atom is -0.398 e. The Kier molecular flexibility index (Phi) is 15.7.